The summed E-state index contributed by atoms with van der Waals surface area (Å²) in [6.45, 7) is 6.03. The number of carbonyl (C=O) groups excluding carboxylic acids is 1. The van der Waals surface area contributed by atoms with Gasteiger partial charge in [0.25, 0.3) is 5.91 Å². The highest BCUT2D eigenvalue weighted by Crippen LogP contribution is 2.22. The Morgan fingerprint density at radius 3 is 2.24 bits per heavy atom. The van der Waals surface area contributed by atoms with Crippen molar-refractivity contribution >= 4 is 11.6 Å². The summed E-state index contributed by atoms with van der Waals surface area (Å²) in [6, 6.07) is 16.0. The Kier molecular flexibility index (Phi) is 7.48. The second-order valence-corrected chi connectivity index (χ2v) is 6.25. The average molecular weight is 341 g/mol. The third-order valence-electron chi connectivity index (χ3n) is 4.27. The summed E-state index contributed by atoms with van der Waals surface area (Å²) in [5.41, 5.74) is 3.38. The van der Waals surface area contributed by atoms with Gasteiger partial charge in [0.15, 0.2) is 6.54 Å². The molecule has 0 spiro atoms. The second-order valence-electron chi connectivity index (χ2n) is 6.25. The quantitative estimate of drug-likeness (QED) is 0.735. The number of anilines is 1. The molecule has 25 heavy (non-hydrogen) atoms. The van der Waals surface area contributed by atoms with Gasteiger partial charge in [0.1, 0.15) is 18.9 Å². The normalized spacial score (nSPS) is 11.8. The Bertz CT molecular complexity index is 649. The summed E-state index contributed by atoms with van der Waals surface area (Å²) in [7, 11) is 2.01. The lowest BCUT2D eigenvalue weighted by molar-refractivity contribution is -0.871. The largest absolute Gasteiger partial charge is 0.488 e. The van der Waals surface area contributed by atoms with Gasteiger partial charge in [-0.2, -0.15) is 0 Å². The molecule has 2 aromatic rings. The molecule has 2 aromatic carbocycles. The van der Waals surface area contributed by atoms with Gasteiger partial charge in [0.2, 0.25) is 0 Å². The van der Waals surface area contributed by atoms with Crippen LogP contribution >= 0.6 is 0 Å². The summed E-state index contributed by atoms with van der Waals surface area (Å²) in [4.78, 5) is 13.5. The number of amides is 1. The van der Waals surface area contributed by atoms with E-state index in [1.807, 2.05) is 37.4 Å². The van der Waals surface area contributed by atoms with E-state index in [1.165, 1.54) is 11.1 Å². The molecule has 1 atom stereocenters. The summed E-state index contributed by atoms with van der Waals surface area (Å²) in [5.74, 6) is 0.914. The lowest BCUT2D eigenvalue weighted by Crippen LogP contribution is -3.10. The first-order valence-electron chi connectivity index (χ1n) is 9.03. The lowest BCUT2D eigenvalue weighted by Gasteiger charge is -2.17. The van der Waals surface area contributed by atoms with Crippen LogP contribution in [0.5, 0.6) is 5.75 Å². The van der Waals surface area contributed by atoms with E-state index in [2.05, 4.69) is 37.4 Å². The number of carbonyl (C=O) groups is 1. The fourth-order valence-corrected chi connectivity index (χ4v) is 2.81. The first kappa shape index (κ1) is 19.0. The summed E-state index contributed by atoms with van der Waals surface area (Å²) < 4.78 is 5.70. The minimum absolute atomic E-state index is 0.0489. The van der Waals surface area contributed by atoms with Crippen LogP contribution in [0.1, 0.15) is 25.0 Å². The number of benzene rings is 2. The van der Waals surface area contributed by atoms with Crippen molar-refractivity contribution in [1.82, 2.24) is 0 Å². The van der Waals surface area contributed by atoms with Crippen molar-refractivity contribution in [3.8, 4) is 5.75 Å². The summed E-state index contributed by atoms with van der Waals surface area (Å²) >= 11 is 0. The zero-order valence-electron chi connectivity index (χ0n) is 15.5. The van der Waals surface area contributed by atoms with Crippen molar-refractivity contribution in [3.63, 3.8) is 0 Å². The molecule has 0 aromatic heterocycles. The van der Waals surface area contributed by atoms with Gasteiger partial charge in [0.05, 0.1) is 7.05 Å². The molecule has 0 fully saturated rings. The first-order chi connectivity index (χ1) is 12.1. The summed E-state index contributed by atoms with van der Waals surface area (Å²) in [5, 5.41) is 3.12. The fraction of sp³-hybridized carbons (Fsp3) is 0.381. The third-order valence-corrected chi connectivity index (χ3v) is 4.27. The number of ether oxygens (including phenoxy) is 1. The zero-order chi connectivity index (χ0) is 18.1. The maximum absolute atomic E-state index is 12.4. The van der Waals surface area contributed by atoms with Crippen LogP contribution in [0.25, 0.3) is 0 Å². The molecule has 0 saturated carbocycles. The van der Waals surface area contributed by atoms with Crippen LogP contribution in [-0.2, 0) is 17.6 Å². The van der Waals surface area contributed by atoms with E-state index in [0.29, 0.717) is 13.2 Å². The van der Waals surface area contributed by atoms with Crippen LogP contribution in [-0.4, -0.2) is 32.7 Å². The molecular weight excluding hydrogens is 312 g/mol. The molecule has 0 saturated heterocycles. The average Bonchev–Trinajstić information content (AvgIpc) is 2.62. The molecule has 4 nitrogen and oxygen atoms in total. The SMILES string of the molecule is CCc1cccc(CC)c1NC(=O)C[NH+](C)CCOc1ccccc1. The van der Waals surface area contributed by atoms with Crippen molar-refractivity contribution in [2.45, 2.75) is 26.7 Å². The van der Waals surface area contributed by atoms with Crippen molar-refractivity contribution in [1.29, 1.82) is 0 Å². The Balaban J connectivity index is 1.83. The molecule has 1 unspecified atom stereocenters. The van der Waals surface area contributed by atoms with Crippen LogP contribution in [0.15, 0.2) is 48.5 Å². The lowest BCUT2D eigenvalue weighted by atomic mass is 10.0. The van der Waals surface area contributed by atoms with Gasteiger partial charge in [-0.25, -0.2) is 0 Å². The number of quaternary nitrogens is 1. The highest BCUT2D eigenvalue weighted by Gasteiger charge is 2.14. The maximum Gasteiger partial charge on any atom is 0.279 e. The topological polar surface area (TPSA) is 42.8 Å². The fourth-order valence-electron chi connectivity index (χ4n) is 2.81. The molecule has 134 valence electrons. The number of hydrogen-bond donors (Lipinski definition) is 2. The molecule has 0 aliphatic carbocycles. The highest BCUT2D eigenvalue weighted by atomic mass is 16.5. The van der Waals surface area contributed by atoms with E-state index in [4.69, 9.17) is 4.74 Å². The molecule has 4 heteroatoms. The van der Waals surface area contributed by atoms with Crippen molar-refractivity contribution in [2.75, 3.05) is 32.1 Å². The Morgan fingerprint density at radius 1 is 1.00 bits per heavy atom. The van der Waals surface area contributed by atoms with E-state index in [1.54, 1.807) is 0 Å². The molecule has 1 amide bonds. The van der Waals surface area contributed by atoms with E-state index in [0.717, 1.165) is 35.7 Å². The molecular formula is C21H29N2O2+. The molecule has 0 aliphatic heterocycles. The first-order valence-corrected chi connectivity index (χ1v) is 9.03. The molecule has 0 radical (unpaired) electrons. The van der Waals surface area contributed by atoms with E-state index >= 15 is 0 Å². The Morgan fingerprint density at radius 2 is 1.64 bits per heavy atom. The monoisotopic (exact) mass is 341 g/mol. The van der Waals surface area contributed by atoms with Gasteiger partial charge in [-0.3, -0.25) is 4.79 Å². The number of likely N-dealkylation sites (N-methyl/N-ethyl adjacent to an activating group) is 1. The van der Waals surface area contributed by atoms with Crippen LogP contribution in [0.4, 0.5) is 5.69 Å². The molecule has 2 N–H and O–H groups in total. The number of aryl methyl sites for hydroxylation is 2. The van der Waals surface area contributed by atoms with E-state index in [9.17, 15) is 4.79 Å². The third kappa shape index (κ3) is 5.91. The molecule has 0 bridgehead atoms. The van der Waals surface area contributed by atoms with Gasteiger partial charge >= 0.3 is 0 Å². The maximum atomic E-state index is 12.4. The van der Waals surface area contributed by atoms with Gasteiger partial charge < -0.3 is 15.0 Å². The minimum atomic E-state index is 0.0489. The number of rotatable bonds is 9. The molecule has 2 rings (SSSR count). The standard InChI is InChI=1S/C21H28N2O2/c1-4-17-10-9-11-18(5-2)21(17)22-20(24)16-23(3)14-15-25-19-12-7-6-8-13-19/h6-13H,4-5,14-16H2,1-3H3,(H,22,24)/p+1. The smallest absolute Gasteiger partial charge is 0.279 e. The van der Waals surface area contributed by atoms with Gasteiger partial charge in [-0.15, -0.1) is 0 Å². The molecule has 0 aliphatic rings. The summed E-state index contributed by atoms with van der Waals surface area (Å²) in [6.07, 6.45) is 1.83. The highest BCUT2D eigenvalue weighted by molar-refractivity contribution is 5.93. The van der Waals surface area contributed by atoms with Crippen molar-refractivity contribution in [2.24, 2.45) is 0 Å². The number of nitrogens with one attached hydrogen (secondary N) is 2. The van der Waals surface area contributed by atoms with Crippen molar-refractivity contribution < 1.29 is 14.4 Å². The zero-order valence-corrected chi connectivity index (χ0v) is 15.5. The van der Waals surface area contributed by atoms with Crippen molar-refractivity contribution in [3.05, 3.63) is 59.7 Å². The second kappa shape index (κ2) is 9.84. The van der Waals surface area contributed by atoms with Gasteiger partial charge in [-0.05, 0) is 36.1 Å². The number of hydrogen-bond acceptors (Lipinski definition) is 2. The van der Waals surface area contributed by atoms with E-state index < -0.39 is 0 Å². The van der Waals surface area contributed by atoms with Crippen LogP contribution in [0.3, 0.4) is 0 Å². The van der Waals surface area contributed by atoms with Crippen LogP contribution in [0.2, 0.25) is 0 Å². The predicted molar refractivity (Wildman–Crippen MR) is 102 cm³/mol. The number of para-hydroxylation sites is 2. The van der Waals surface area contributed by atoms with Crippen LogP contribution < -0.4 is 15.0 Å². The Labute approximate surface area is 150 Å². The molecule has 0 heterocycles. The van der Waals surface area contributed by atoms with Crippen LogP contribution in [0, 0.1) is 0 Å². The van der Waals surface area contributed by atoms with E-state index in [-0.39, 0.29) is 5.91 Å². The predicted octanol–water partition coefficient (Wildman–Crippen LogP) is 2.34. The minimum Gasteiger partial charge on any atom is -0.488 e. The Hall–Kier alpha value is -2.33. The van der Waals surface area contributed by atoms with Gasteiger partial charge in [0, 0.05) is 5.69 Å². The van der Waals surface area contributed by atoms with Gasteiger partial charge in [-0.1, -0.05) is 50.2 Å².